The van der Waals surface area contributed by atoms with E-state index in [-0.39, 0.29) is 25.0 Å². The maximum atomic E-state index is 12.8. The zero-order valence-electron chi connectivity index (χ0n) is 17.1. The molecule has 1 fully saturated rings. The number of esters is 1. The van der Waals surface area contributed by atoms with Gasteiger partial charge >= 0.3 is 5.97 Å². The average Bonchev–Trinajstić information content (AvgIpc) is 3.45. The molecule has 0 bridgehead atoms. The predicted molar refractivity (Wildman–Crippen MR) is 114 cm³/mol. The molecule has 1 saturated heterocycles. The van der Waals surface area contributed by atoms with Crippen molar-refractivity contribution < 1.29 is 23.8 Å². The first-order valence-electron chi connectivity index (χ1n) is 10.6. The Morgan fingerprint density at radius 3 is 2.84 bits per heavy atom. The largest absolute Gasteiger partial charge is 0.486 e. The number of H-pyrrole nitrogens is 1. The van der Waals surface area contributed by atoms with Gasteiger partial charge in [0.15, 0.2) is 18.1 Å². The molecule has 0 saturated carbocycles. The number of nitrogens with zero attached hydrogens (tertiary/aromatic N) is 1. The van der Waals surface area contributed by atoms with Gasteiger partial charge in [-0.2, -0.15) is 0 Å². The molecule has 3 heterocycles. The van der Waals surface area contributed by atoms with Crippen molar-refractivity contribution in [2.45, 2.75) is 25.3 Å². The number of hydrogen-bond acceptors (Lipinski definition) is 5. The molecule has 2 aliphatic rings. The van der Waals surface area contributed by atoms with Crippen molar-refractivity contribution in [1.29, 1.82) is 0 Å². The van der Waals surface area contributed by atoms with Gasteiger partial charge in [-0.3, -0.25) is 9.59 Å². The molecule has 2 aliphatic heterocycles. The maximum absolute atomic E-state index is 12.8. The number of para-hydroxylation sites is 1. The summed E-state index contributed by atoms with van der Waals surface area (Å²) in [6.07, 6.45) is 3.72. The first-order valence-corrected chi connectivity index (χ1v) is 10.6. The van der Waals surface area contributed by atoms with Crippen LogP contribution in [0.3, 0.4) is 0 Å². The van der Waals surface area contributed by atoms with Crippen LogP contribution < -0.4 is 9.47 Å². The third-order valence-corrected chi connectivity index (χ3v) is 5.89. The Balaban J connectivity index is 1.21. The molecule has 5 rings (SSSR count). The molecule has 3 aromatic rings. The topological polar surface area (TPSA) is 80.9 Å². The number of carbonyl (C=O) groups excluding carboxylic acids is 2. The summed E-state index contributed by atoms with van der Waals surface area (Å²) in [5, 5.41) is 0.990. The number of ether oxygens (including phenoxy) is 3. The van der Waals surface area contributed by atoms with Crippen molar-refractivity contribution in [3.8, 4) is 11.5 Å². The fourth-order valence-corrected chi connectivity index (χ4v) is 4.39. The van der Waals surface area contributed by atoms with Crippen LogP contribution in [-0.2, 0) is 20.7 Å². The number of likely N-dealkylation sites (tertiary alicyclic amines) is 1. The number of rotatable bonds is 5. The van der Waals surface area contributed by atoms with E-state index >= 15 is 0 Å². The van der Waals surface area contributed by atoms with E-state index in [4.69, 9.17) is 14.2 Å². The van der Waals surface area contributed by atoms with Gasteiger partial charge in [0, 0.05) is 23.6 Å². The molecule has 0 radical (unpaired) electrons. The lowest BCUT2D eigenvalue weighted by molar-refractivity contribution is -0.151. The number of benzene rings is 2. The molecule has 1 aromatic heterocycles. The Labute approximate surface area is 179 Å². The van der Waals surface area contributed by atoms with Crippen molar-refractivity contribution in [1.82, 2.24) is 9.88 Å². The van der Waals surface area contributed by atoms with Gasteiger partial charge in [-0.15, -0.1) is 0 Å². The lowest BCUT2D eigenvalue weighted by Gasteiger charge is -2.26. The van der Waals surface area contributed by atoms with Gasteiger partial charge in [-0.25, -0.2) is 0 Å². The van der Waals surface area contributed by atoms with Crippen LogP contribution in [0.15, 0.2) is 48.7 Å². The van der Waals surface area contributed by atoms with Crippen molar-refractivity contribution in [2.24, 2.45) is 0 Å². The van der Waals surface area contributed by atoms with Crippen molar-refractivity contribution in [2.75, 3.05) is 26.4 Å². The molecule has 1 N–H and O–H groups in total. The number of fused-ring (bicyclic) bond motifs is 2. The van der Waals surface area contributed by atoms with Crippen LogP contribution in [0.1, 0.15) is 30.0 Å². The molecule has 7 nitrogen and oxygen atoms in total. The number of hydrogen-bond donors (Lipinski definition) is 1. The molecule has 7 heteroatoms. The van der Waals surface area contributed by atoms with Crippen molar-refractivity contribution in [3.05, 3.63) is 59.8 Å². The highest BCUT2D eigenvalue weighted by Gasteiger charge is 2.31. The minimum atomic E-state index is -0.409. The van der Waals surface area contributed by atoms with Crippen LogP contribution >= 0.6 is 0 Å². The zero-order valence-corrected chi connectivity index (χ0v) is 17.1. The van der Waals surface area contributed by atoms with Crippen LogP contribution in [0.2, 0.25) is 0 Å². The van der Waals surface area contributed by atoms with E-state index in [9.17, 15) is 9.59 Å². The number of nitrogens with one attached hydrogen (secondary N) is 1. The Kier molecular flexibility index (Phi) is 5.24. The highest BCUT2D eigenvalue weighted by atomic mass is 16.6. The van der Waals surface area contributed by atoms with Gasteiger partial charge in [0.1, 0.15) is 13.2 Å². The lowest BCUT2D eigenvalue weighted by atomic mass is 10.0. The summed E-state index contributed by atoms with van der Waals surface area (Å²) in [7, 11) is 0. The molecule has 2 aromatic carbocycles. The van der Waals surface area contributed by atoms with Crippen LogP contribution in [0.4, 0.5) is 0 Å². The standard InChI is InChI=1S/C24H24N2O5/c27-23(15-31-24(28)13-17-14-25-19-5-2-1-4-18(17)19)26-9-3-6-20(26)16-7-8-21-22(12-16)30-11-10-29-21/h1-2,4-5,7-8,12,14,20,25H,3,6,9-11,13,15H2. The van der Waals surface area contributed by atoms with Crippen LogP contribution in [0.5, 0.6) is 11.5 Å². The van der Waals surface area contributed by atoms with Gasteiger partial charge < -0.3 is 24.1 Å². The second kappa shape index (κ2) is 8.34. The monoisotopic (exact) mass is 420 g/mol. The van der Waals surface area contributed by atoms with E-state index in [0.29, 0.717) is 25.5 Å². The molecular weight excluding hydrogens is 396 g/mol. The summed E-state index contributed by atoms with van der Waals surface area (Å²) in [6.45, 7) is 1.47. The Hall–Kier alpha value is -3.48. The van der Waals surface area contributed by atoms with Crippen LogP contribution in [0.25, 0.3) is 10.9 Å². The number of aromatic nitrogens is 1. The number of amides is 1. The quantitative estimate of drug-likeness (QED) is 0.640. The number of carbonyl (C=O) groups is 2. The SMILES string of the molecule is O=C(Cc1c[nH]c2ccccc12)OCC(=O)N1CCCC1c1ccc2c(c1)OCCO2. The Bertz CT molecular complexity index is 1120. The first-order chi connectivity index (χ1) is 15.2. The normalized spacial score (nSPS) is 17.7. The van der Waals surface area contributed by atoms with E-state index in [1.807, 2.05) is 48.7 Å². The van der Waals surface area contributed by atoms with Gasteiger partial charge in [0.2, 0.25) is 0 Å². The van der Waals surface area contributed by atoms with Crippen LogP contribution in [0, 0.1) is 0 Å². The maximum Gasteiger partial charge on any atom is 0.310 e. The van der Waals surface area contributed by atoms with E-state index in [0.717, 1.165) is 40.6 Å². The highest BCUT2D eigenvalue weighted by Crippen LogP contribution is 2.38. The third-order valence-electron chi connectivity index (χ3n) is 5.89. The van der Waals surface area contributed by atoms with Crippen molar-refractivity contribution in [3.63, 3.8) is 0 Å². The molecule has 0 spiro atoms. The van der Waals surface area contributed by atoms with E-state index < -0.39 is 5.97 Å². The van der Waals surface area contributed by atoms with Gasteiger partial charge in [-0.05, 0) is 42.2 Å². The van der Waals surface area contributed by atoms with E-state index in [1.165, 1.54) is 0 Å². The summed E-state index contributed by atoms with van der Waals surface area (Å²) < 4.78 is 16.6. The Morgan fingerprint density at radius 2 is 1.94 bits per heavy atom. The molecular formula is C24H24N2O5. The molecule has 31 heavy (non-hydrogen) atoms. The third kappa shape index (κ3) is 3.95. The lowest BCUT2D eigenvalue weighted by Crippen LogP contribution is -2.34. The zero-order chi connectivity index (χ0) is 21.2. The minimum Gasteiger partial charge on any atom is -0.486 e. The molecule has 1 atom stereocenters. The molecule has 1 amide bonds. The summed E-state index contributed by atoms with van der Waals surface area (Å²) in [5.41, 5.74) is 2.85. The molecule has 1 unspecified atom stereocenters. The second-order valence-electron chi connectivity index (χ2n) is 7.85. The average molecular weight is 420 g/mol. The van der Waals surface area contributed by atoms with Crippen LogP contribution in [-0.4, -0.2) is 48.1 Å². The minimum absolute atomic E-state index is 0.0457. The summed E-state index contributed by atoms with van der Waals surface area (Å²) in [6, 6.07) is 13.6. The van der Waals surface area contributed by atoms with Gasteiger partial charge in [0.25, 0.3) is 5.91 Å². The van der Waals surface area contributed by atoms with Gasteiger partial charge in [0.05, 0.1) is 12.5 Å². The first kappa shape index (κ1) is 19.5. The Morgan fingerprint density at radius 1 is 1.10 bits per heavy atom. The fraction of sp³-hybridized carbons (Fsp3) is 0.333. The summed E-state index contributed by atoms with van der Waals surface area (Å²) in [5.74, 6) is 0.864. The van der Waals surface area contributed by atoms with Gasteiger partial charge in [-0.1, -0.05) is 24.3 Å². The fourth-order valence-electron chi connectivity index (χ4n) is 4.39. The second-order valence-corrected chi connectivity index (χ2v) is 7.85. The molecule has 160 valence electrons. The van der Waals surface area contributed by atoms with E-state index in [1.54, 1.807) is 4.90 Å². The predicted octanol–water partition coefficient (Wildman–Crippen LogP) is 3.39. The number of aromatic amines is 1. The smallest absolute Gasteiger partial charge is 0.310 e. The van der Waals surface area contributed by atoms with E-state index in [2.05, 4.69) is 4.98 Å². The summed E-state index contributed by atoms with van der Waals surface area (Å²) in [4.78, 5) is 30.1. The highest BCUT2D eigenvalue weighted by molar-refractivity contribution is 5.88. The van der Waals surface area contributed by atoms with Crippen molar-refractivity contribution >= 4 is 22.8 Å². The molecule has 0 aliphatic carbocycles. The summed E-state index contributed by atoms with van der Waals surface area (Å²) >= 11 is 0.